The molecule has 0 radical (unpaired) electrons. The van der Waals surface area contributed by atoms with Crippen LogP contribution < -0.4 is 5.32 Å². The van der Waals surface area contributed by atoms with Gasteiger partial charge in [-0.25, -0.2) is 0 Å². The summed E-state index contributed by atoms with van der Waals surface area (Å²) in [4.78, 5) is 0. The maximum Gasteiger partial charge on any atom is 0.0595 e. The molecule has 0 atom stereocenters. The molecule has 106 valence electrons. The van der Waals surface area contributed by atoms with Gasteiger partial charge in [-0.15, -0.1) is 0 Å². The highest BCUT2D eigenvalue weighted by molar-refractivity contribution is 6.42. The van der Waals surface area contributed by atoms with E-state index in [1.807, 2.05) is 12.1 Å². The molecule has 1 fully saturated rings. The van der Waals surface area contributed by atoms with E-state index in [-0.39, 0.29) is 5.41 Å². The van der Waals surface area contributed by atoms with Gasteiger partial charge in [-0.3, -0.25) is 0 Å². The molecule has 1 aromatic carbocycles. The van der Waals surface area contributed by atoms with E-state index in [1.165, 1.54) is 18.4 Å². The molecular formula is C15H21Cl2NO. The van der Waals surface area contributed by atoms with E-state index in [0.29, 0.717) is 10.0 Å². The summed E-state index contributed by atoms with van der Waals surface area (Å²) in [6.07, 6.45) is 2.40. The normalized spacial score (nSPS) is 26.2. The number of hydrogen-bond acceptors (Lipinski definition) is 2. The molecule has 0 saturated heterocycles. The number of benzene rings is 1. The summed E-state index contributed by atoms with van der Waals surface area (Å²) in [7, 11) is 1.72. The lowest BCUT2D eigenvalue weighted by Crippen LogP contribution is -2.48. The quantitative estimate of drug-likeness (QED) is 0.805. The summed E-state index contributed by atoms with van der Waals surface area (Å²) in [6, 6.07) is 6.03. The smallest absolute Gasteiger partial charge is 0.0595 e. The minimum atomic E-state index is 0.210. The van der Waals surface area contributed by atoms with Gasteiger partial charge < -0.3 is 10.1 Å². The summed E-state index contributed by atoms with van der Waals surface area (Å²) in [5.41, 5.74) is 1.51. The van der Waals surface area contributed by atoms with Gasteiger partial charge in [0, 0.05) is 25.6 Å². The zero-order valence-corrected chi connectivity index (χ0v) is 13.0. The number of hydrogen-bond donors (Lipinski definition) is 1. The van der Waals surface area contributed by atoms with Crippen LogP contribution in [0, 0.1) is 5.92 Å². The Morgan fingerprint density at radius 3 is 2.63 bits per heavy atom. The zero-order valence-electron chi connectivity index (χ0n) is 11.5. The van der Waals surface area contributed by atoms with Gasteiger partial charge in [0.05, 0.1) is 16.7 Å². The standard InChI is InChI=1S/C15H21Cl2NO/c1-11-8-15(9-11,10-18-5-6-19-2)12-3-4-13(16)14(17)7-12/h3-4,7,11,18H,5-6,8-10H2,1-2H3. The van der Waals surface area contributed by atoms with Crippen LogP contribution >= 0.6 is 23.2 Å². The predicted molar refractivity (Wildman–Crippen MR) is 81.3 cm³/mol. The van der Waals surface area contributed by atoms with Crippen molar-refractivity contribution < 1.29 is 4.74 Å². The maximum atomic E-state index is 6.15. The Morgan fingerprint density at radius 2 is 2.05 bits per heavy atom. The minimum absolute atomic E-state index is 0.210. The molecule has 1 saturated carbocycles. The number of nitrogens with one attached hydrogen (secondary N) is 1. The van der Waals surface area contributed by atoms with Crippen LogP contribution in [0.1, 0.15) is 25.3 Å². The monoisotopic (exact) mass is 301 g/mol. The Labute approximate surface area is 125 Å². The number of ether oxygens (including phenoxy) is 1. The lowest BCUT2D eigenvalue weighted by Gasteiger charge is -2.47. The highest BCUT2D eigenvalue weighted by atomic mass is 35.5. The molecule has 0 heterocycles. The largest absolute Gasteiger partial charge is 0.383 e. The molecule has 1 N–H and O–H groups in total. The molecular weight excluding hydrogens is 281 g/mol. The molecule has 1 aliphatic carbocycles. The van der Waals surface area contributed by atoms with Crippen LogP contribution in [-0.2, 0) is 10.2 Å². The Kier molecular flexibility index (Phi) is 5.13. The van der Waals surface area contributed by atoms with Crippen molar-refractivity contribution >= 4 is 23.2 Å². The summed E-state index contributed by atoms with van der Waals surface area (Å²) in [5.74, 6) is 0.777. The fourth-order valence-corrected chi connectivity index (χ4v) is 3.38. The number of methoxy groups -OCH3 is 1. The Balaban J connectivity index is 2.08. The van der Waals surface area contributed by atoms with Gasteiger partial charge in [-0.1, -0.05) is 36.2 Å². The van der Waals surface area contributed by atoms with E-state index < -0.39 is 0 Å². The summed E-state index contributed by atoms with van der Waals surface area (Å²) < 4.78 is 5.07. The molecule has 2 nitrogen and oxygen atoms in total. The number of halogens is 2. The molecule has 0 unspecified atom stereocenters. The van der Waals surface area contributed by atoms with Crippen LogP contribution in [0.4, 0.5) is 0 Å². The van der Waals surface area contributed by atoms with E-state index in [1.54, 1.807) is 7.11 Å². The molecule has 0 aromatic heterocycles. The van der Waals surface area contributed by atoms with Crippen molar-refractivity contribution in [3.05, 3.63) is 33.8 Å². The highest BCUT2D eigenvalue weighted by Gasteiger charge is 2.43. The second kappa shape index (κ2) is 6.45. The van der Waals surface area contributed by atoms with Crippen LogP contribution in [0.3, 0.4) is 0 Å². The molecule has 2 rings (SSSR count). The first-order valence-electron chi connectivity index (χ1n) is 6.72. The van der Waals surface area contributed by atoms with Crippen LogP contribution in [-0.4, -0.2) is 26.8 Å². The van der Waals surface area contributed by atoms with Gasteiger partial charge in [-0.05, 0) is 36.5 Å². The minimum Gasteiger partial charge on any atom is -0.383 e. The fourth-order valence-electron chi connectivity index (χ4n) is 3.08. The molecule has 0 amide bonds. The predicted octanol–water partition coefficient (Wildman–Crippen LogP) is 3.90. The van der Waals surface area contributed by atoms with Crippen molar-refractivity contribution in [2.45, 2.75) is 25.2 Å². The van der Waals surface area contributed by atoms with Crippen molar-refractivity contribution in [3.8, 4) is 0 Å². The molecule has 4 heteroatoms. The van der Waals surface area contributed by atoms with E-state index >= 15 is 0 Å². The summed E-state index contributed by atoms with van der Waals surface area (Å²) >= 11 is 12.2. The first kappa shape index (κ1) is 15.1. The Bertz CT molecular complexity index is 430. The molecule has 0 aliphatic heterocycles. The Morgan fingerprint density at radius 1 is 1.32 bits per heavy atom. The van der Waals surface area contributed by atoms with Crippen LogP contribution in [0.5, 0.6) is 0 Å². The van der Waals surface area contributed by atoms with Gasteiger partial charge in [0.2, 0.25) is 0 Å². The molecule has 0 spiro atoms. The van der Waals surface area contributed by atoms with E-state index in [4.69, 9.17) is 27.9 Å². The Hall–Kier alpha value is -0.280. The first-order chi connectivity index (χ1) is 9.07. The fraction of sp³-hybridized carbons (Fsp3) is 0.600. The van der Waals surface area contributed by atoms with Crippen LogP contribution in [0.25, 0.3) is 0 Å². The lowest BCUT2D eigenvalue weighted by atomic mass is 9.59. The van der Waals surface area contributed by atoms with Crippen molar-refractivity contribution in [1.82, 2.24) is 5.32 Å². The third-order valence-electron chi connectivity index (χ3n) is 3.96. The molecule has 1 aliphatic rings. The third kappa shape index (κ3) is 3.43. The van der Waals surface area contributed by atoms with Crippen molar-refractivity contribution in [2.75, 3.05) is 26.8 Å². The molecule has 19 heavy (non-hydrogen) atoms. The summed E-state index contributed by atoms with van der Waals surface area (Å²) in [6.45, 7) is 4.89. The maximum absolute atomic E-state index is 6.15. The van der Waals surface area contributed by atoms with Gasteiger partial charge in [0.25, 0.3) is 0 Å². The van der Waals surface area contributed by atoms with E-state index in [0.717, 1.165) is 25.6 Å². The molecule has 0 bridgehead atoms. The average molecular weight is 302 g/mol. The average Bonchev–Trinajstić information content (AvgIpc) is 2.35. The van der Waals surface area contributed by atoms with Gasteiger partial charge in [0.1, 0.15) is 0 Å². The summed E-state index contributed by atoms with van der Waals surface area (Å²) in [5, 5.41) is 4.75. The molecule has 1 aromatic rings. The van der Waals surface area contributed by atoms with Crippen molar-refractivity contribution in [3.63, 3.8) is 0 Å². The highest BCUT2D eigenvalue weighted by Crippen LogP contribution is 2.48. The van der Waals surface area contributed by atoms with Crippen molar-refractivity contribution in [2.24, 2.45) is 5.92 Å². The first-order valence-corrected chi connectivity index (χ1v) is 7.48. The second-order valence-corrected chi connectivity index (χ2v) is 6.41. The second-order valence-electron chi connectivity index (χ2n) is 5.59. The van der Waals surface area contributed by atoms with E-state index in [2.05, 4.69) is 18.3 Å². The van der Waals surface area contributed by atoms with E-state index in [9.17, 15) is 0 Å². The SMILES string of the molecule is COCCNCC1(c2ccc(Cl)c(Cl)c2)CC(C)C1. The topological polar surface area (TPSA) is 21.3 Å². The van der Waals surface area contributed by atoms with Crippen LogP contribution in [0.2, 0.25) is 10.0 Å². The van der Waals surface area contributed by atoms with Gasteiger partial charge >= 0.3 is 0 Å². The lowest BCUT2D eigenvalue weighted by molar-refractivity contribution is 0.144. The van der Waals surface area contributed by atoms with Crippen molar-refractivity contribution in [1.29, 1.82) is 0 Å². The van der Waals surface area contributed by atoms with Gasteiger partial charge in [0.15, 0.2) is 0 Å². The van der Waals surface area contributed by atoms with Crippen LogP contribution in [0.15, 0.2) is 18.2 Å². The third-order valence-corrected chi connectivity index (χ3v) is 4.70. The zero-order chi connectivity index (χ0) is 13.9. The van der Waals surface area contributed by atoms with Gasteiger partial charge in [-0.2, -0.15) is 0 Å². The number of rotatable bonds is 6.